The first-order valence-electron chi connectivity index (χ1n) is 8.91. The molecule has 0 bridgehead atoms. The number of nitrogens with one attached hydrogen (secondary N) is 1. The number of aryl methyl sites for hydroxylation is 2. The number of anilines is 1. The van der Waals surface area contributed by atoms with Crippen LogP contribution in [0.3, 0.4) is 0 Å². The predicted octanol–water partition coefficient (Wildman–Crippen LogP) is 5.86. The molecule has 136 valence electrons. The minimum absolute atomic E-state index is 0.173. The van der Waals surface area contributed by atoms with Crippen LogP contribution in [0.15, 0.2) is 77.3 Å². The molecule has 1 aromatic heterocycles. The van der Waals surface area contributed by atoms with E-state index in [1.807, 2.05) is 86.7 Å². The second kappa shape index (κ2) is 6.75. The topological polar surface area (TPSA) is 42.2 Å². The lowest BCUT2D eigenvalue weighted by Crippen LogP contribution is -2.37. The molecule has 1 heterocycles. The molecule has 4 rings (SSSR count). The Morgan fingerprint density at radius 3 is 2.63 bits per heavy atom. The smallest absolute Gasteiger partial charge is 0.233 e. The third-order valence-corrected chi connectivity index (χ3v) is 5.74. The number of para-hydroxylation sites is 1. The van der Waals surface area contributed by atoms with E-state index in [0.717, 1.165) is 22.3 Å². The minimum atomic E-state index is -0.928. The Bertz CT molecular complexity index is 1060. The summed E-state index contributed by atoms with van der Waals surface area (Å²) in [4.78, 5) is 12.2. The highest BCUT2D eigenvalue weighted by atomic mass is 35.5. The summed E-state index contributed by atoms with van der Waals surface area (Å²) in [5.41, 5.74) is 3.31. The van der Waals surface area contributed by atoms with E-state index in [1.54, 1.807) is 0 Å². The van der Waals surface area contributed by atoms with Crippen LogP contribution in [-0.4, -0.2) is 5.91 Å². The molecule has 3 nitrogen and oxygen atoms in total. The van der Waals surface area contributed by atoms with Crippen molar-refractivity contribution < 1.29 is 9.21 Å². The number of amides is 1. The number of halogens is 1. The van der Waals surface area contributed by atoms with Crippen molar-refractivity contribution in [1.82, 2.24) is 0 Å². The Morgan fingerprint density at radius 1 is 1.07 bits per heavy atom. The predicted molar refractivity (Wildman–Crippen MR) is 110 cm³/mol. The van der Waals surface area contributed by atoms with Crippen LogP contribution in [0.4, 0.5) is 5.69 Å². The number of hydrogen-bond donors (Lipinski definition) is 1. The van der Waals surface area contributed by atoms with Gasteiger partial charge in [0.15, 0.2) is 5.58 Å². The van der Waals surface area contributed by atoms with Crippen molar-refractivity contribution in [3.8, 4) is 0 Å². The third kappa shape index (κ3) is 2.98. The van der Waals surface area contributed by atoms with Crippen LogP contribution in [0.25, 0.3) is 11.0 Å². The molecule has 0 radical (unpaired) electrons. The number of alkyl halides is 1. The summed E-state index contributed by atoms with van der Waals surface area (Å²) in [7, 11) is 0. The largest absolute Gasteiger partial charge is 0.459 e. The lowest BCUT2D eigenvalue weighted by Gasteiger charge is -2.32. The summed E-state index contributed by atoms with van der Waals surface area (Å²) in [6.45, 7) is 3.94. The number of benzene rings is 2. The van der Waals surface area contributed by atoms with Crippen molar-refractivity contribution >= 4 is 34.2 Å². The van der Waals surface area contributed by atoms with Crippen molar-refractivity contribution in [2.45, 2.75) is 18.7 Å². The molecule has 1 N–H and O–H groups in total. The van der Waals surface area contributed by atoms with Gasteiger partial charge in [-0.1, -0.05) is 66.8 Å². The van der Waals surface area contributed by atoms with Crippen molar-refractivity contribution in [3.63, 3.8) is 0 Å². The van der Waals surface area contributed by atoms with Crippen LogP contribution in [0.5, 0.6) is 0 Å². The lowest BCUT2D eigenvalue weighted by atomic mass is 9.81. The number of carbonyl (C=O) groups excluding carboxylic acids is 1. The molecule has 1 amide bonds. The van der Waals surface area contributed by atoms with Gasteiger partial charge in [0.2, 0.25) is 5.91 Å². The SMILES string of the molecule is Cc1oc2c(NC(=O)C3C=CC=CC3(Cl)c3ccccc3)cccc2c1C. The molecule has 0 spiro atoms. The normalized spacial score (nSPS) is 21.5. The average molecular weight is 378 g/mol. The second-order valence-electron chi connectivity index (χ2n) is 6.81. The van der Waals surface area contributed by atoms with E-state index in [4.69, 9.17) is 16.0 Å². The van der Waals surface area contributed by atoms with Crippen LogP contribution in [0, 0.1) is 19.8 Å². The Morgan fingerprint density at radius 2 is 1.85 bits per heavy atom. The van der Waals surface area contributed by atoms with Gasteiger partial charge < -0.3 is 9.73 Å². The molecule has 0 fully saturated rings. The van der Waals surface area contributed by atoms with E-state index in [-0.39, 0.29) is 5.91 Å². The molecule has 2 unspecified atom stereocenters. The number of furan rings is 1. The fraction of sp³-hybridized carbons (Fsp3) is 0.174. The number of allylic oxidation sites excluding steroid dienone is 3. The molecule has 4 heteroatoms. The number of hydrogen-bond acceptors (Lipinski definition) is 2. The number of carbonyl (C=O) groups is 1. The number of rotatable bonds is 3. The zero-order valence-electron chi connectivity index (χ0n) is 15.2. The van der Waals surface area contributed by atoms with E-state index in [0.29, 0.717) is 11.3 Å². The monoisotopic (exact) mass is 377 g/mol. The highest BCUT2D eigenvalue weighted by Crippen LogP contribution is 2.42. The Kier molecular flexibility index (Phi) is 4.40. The molecule has 2 aromatic carbocycles. The third-order valence-electron chi connectivity index (χ3n) is 5.16. The van der Waals surface area contributed by atoms with Gasteiger partial charge in [-0.3, -0.25) is 4.79 Å². The van der Waals surface area contributed by atoms with E-state index in [9.17, 15) is 4.79 Å². The second-order valence-corrected chi connectivity index (χ2v) is 7.44. The molecule has 0 saturated carbocycles. The first-order valence-corrected chi connectivity index (χ1v) is 9.28. The van der Waals surface area contributed by atoms with Crippen LogP contribution >= 0.6 is 11.6 Å². The summed E-state index contributed by atoms with van der Waals surface area (Å²) >= 11 is 6.95. The van der Waals surface area contributed by atoms with Gasteiger partial charge in [0.25, 0.3) is 0 Å². The standard InChI is InChI=1S/C23H20ClNO2/c1-15-16(2)27-21-18(15)11-8-13-20(21)25-22(26)19-12-6-7-14-23(19,24)17-9-4-3-5-10-17/h3-14,19H,1-2H3,(H,25,26). The Balaban J connectivity index is 1.69. The highest BCUT2D eigenvalue weighted by molar-refractivity contribution is 6.28. The van der Waals surface area contributed by atoms with Gasteiger partial charge in [-0.25, -0.2) is 0 Å². The number of fused-ring (bicyclic) bond motifs is 1. The van der Waals surface area contributed by atoms with Crippen LogP contribution in [-0.2, 0) is 9.67 Å². The molecule has 0 saturated heterocycles. The van der Waals surface area contributed by atoms with E-state index in [2.05, 4.69) is 5.32 Å². The van der Waals surface area contributed by atoms with Gasteiger partial charge in [-0.05, 0) is 31.0 Å². The zero-order chi connectivity index (χ0) is 19.0. The van der Waals surface area contributed by atoms with Crippen LogP contribution in [0.1, 0.15) is 16.9 Å². The van der Waals surface area contributed by atoms with E-state index < -0.39 is 10.8 Å². The fourth-order valence-corrected chi connectivity index (χ4v) is 3.90. The van der Waals surface area contributed by atoms with Gasteiger partial charge >= 0.3 is 0 Å². The average Bonchev–Trinajstić information content (AvgIpc) is 2.98. The summed E-state index contributed by atoms with van der Waals surface area (Å²) < 4.78 is 5.87. The van der Waals surface area contributed by atoms with Crippen LogP contribution < -0.4 is 5.32 Å². The van der Waals surface area contributed by atoms with Gasteiger partial charge in [-0.15, -0.1) is 11.6 Å². The van der Waals surface area contributed by atoms with Crippen molar-refractivity contribution in [2.24, 2.45) is 5.92 Å². The summed E-state index contributed by atoms with van der Waals surface area (Å²) in [6, 6.07) is 15.4. The van der Waals surface area contributed by atoms with Crippen molar-refractivity contribution in [3.05, 3.63) is 89.7 Å². The lowest BCUT2D eigenvalue weighted by molar-refractivity contribution is -0.119. The van der Waals surface area contributed by atoms with Gasteiger partial charge in [0.05, 0.1) is 11.6 Å². The molecule has 3 aromatic rings. The molecule has 1 aliphatic rings. The molecule has 2 atom stereocenters. The van der Waals surface area contributed by atoms with Crippen molar-refractivity contribution in [2.75, 3.05) is 5.32 Å². The summed E-state index contributed by atoms with van der Waals surface area (Å²) in [6.07, 6.45) is 7.45. The van der Waals surface area contributed by atoms with Gasteiger partial charge in [0.1, 0.15) is 10.6 Å². The first kappa shape index (κ1) is 17.6. The van der Waals surface area contributed by atoms with Gasteiger partial charge in [0, 0.05) is 5.39 Å². The maximum absolute atomic E-state index is 13.2. The highest BCUT2D eigenvalue weighted by Gasteiger charge is 2.40. The minimum Gasteiger partial charge on any atom is -0.459 e. The fourth-order valence-electron chi connectivity index (χ4n) is 3.53. The summed E-state index contributed by atoms with van der Waals surface area (Å²) in [5.74, 6) is 0.135. The molecule has 0 aliphatic heterocycles. The molecule has 27 heavy (non-hydrogen) atoms. The quantitative estimate of drug-likeness (QED) is 0.580. The first-order chi connectivity index (χ1) is 13.0. The van der Waals surface area contributed by atoms with E-state index >= 15 is 0 Å². The van der Waals surface area contributed by atoms with Crippen LogP contribution in [0.2, 0.25) is 0 Å². The molecule has 1 aliphatic carbocycles. The van der Waals surface area contributed by atoms with E-state index in [1.165, 1.54) is 0 Å². The Labute approximate surface area is 163 Å². The maximum Gasteiger partial charge on any atom is 0.233 e. The Hall–Kier alpha value is -2.78. The van der Waals surface area contributed by atoms with Gasteiger partial charge in [-0.2, -0.15) is 0 Å². The maximum atomic E-state index is 13.2. The van der Waals surface area contributed by atoms with Crippen molar-refractivity contribution in [1.29, 1.82) is 0 Å². The molecular formula is C23H20ClNO2. The molecular weight excluding hydrogens is 358 g/mol. The zero-order valence-corrected chi connectivity index (χ0v) is 16.0. The summed E-state index contributed by atoms with van der Waals surface area (Å²) in [5, 5.41) is 4.02.